The van der Waals surface area contributed by atoms with Crippen molar-refractivity contribution in [1.29, 1.82) is 0 Å². The number of hydrogen-bond acceptors (Lipinski definition) is 6. The number of carbonyl (C=O) groups is 2. The number of rotatable bonds is 9. The Bertz CT molecular complexity index is 1350. The number of aromatic nitrogens is 1. The predicted molar refractivity (Wildman–Crippen MR) is 160 cm³/mol. The van der Waals surface area contributed by atoms with Crippen LogP contribution in [0.15, 0.2) is 59.6 Å². The van der Waals surface area contributed by atoms with Gasteiger partial charge in [-0.2, -0.15) is 0 Å². The van der Waals surface area contributed by atoms with E-state index in [1.54, 1.807) is 15.4 Å². The number of pyridine rings is 1. The normalized spacial score (nSPS) is 19.5. The molecule has 212 valence electrons. The van der Waals surface area contributed by atoms with Crippen LogP contribution in [0.1, 0.15) is 55.6 Å². The van der Waals surface area contributed by atoms with Crippen LogP contribution in [0.5, 0.6) is 0 Å². The summed E-state index contributed by atoms with van der Waals surface area (Å²) in [5, 5.41) is 10.1. The van der Waals surface area contributed by atoms with Crippen LogP contribution in [0.2, 0.25) is 0 Å². The van der Waals surface area contributed by atoms with Gasteiger partial charge in [0.15, 0.2) is 0 Å². The van der Waals surface area contributed by atoms with E-state index in [1.807, 2.05) is 48.5 Å². The second-order valence-electron chi connectivity index (χ2n) is 10.3. The molecule has 1 aliphatic carbocycles. The molecule has 2 atom stereocenters. The highest BCUT2D eigenvalue weighted by atomic mass is 32.2. The third-order valence-corrected chi connectivity index (χ3v) is 10.5. The van der Waals surface area contributed by atoms with Crippen LogP contribution in [0.3, 0.4) is 0 Å². The van der Waals surface area contributed by atoms with Gasteiger partial charge < -0.3 is 14.9 Å². The SMILES string of the molecule is CCN(CC)c1ccc(S(=O)N2CC(=O)N(c3cc(-c4ccccc4)sc3C(=O)O)C(C3CCCCC3)C2)cn1. The molecule has 3 aromatic rings. The summed E-state index contributed by atoms with van der Waals surface area (Å²) in [5.74, 6) is -0.215. The first kappa shape index (κ1) is 28.4. The predicted octanol–water partition coefficient (Wildman–Crippen LogP) is 5.67. The van der Waals surface area contributed by atoms with Crippen molar-refractivity contribution in [2.45, 2.75) is 56.9 Å². The summed E-state index contributed by atoms with van der Waals surface area (Å²) in [7, 11) is -1.56. The van der Waals surface area contributed by atoms with Crippen molar-refractivity contribution in [3.8, 4) is 10.4 Å². The molecule has 0 radical (unpaired) electrons. The molecule has 3 heterocycles. The van der Waals surface area contributed by atoms with Crippen LogP contribution in [0.25, 0.3) is 10.4 Å². The summed E-state index contributed by atoms with van der Waals surface area (Å²) < 4.78 is 15.5. The molecule has 1 saturated heterocycles. The van der Waals surface area contributed by atoms with E-state index in [2.05, 4.69) is 23.7 Å². The Kier molecular flexibility index (Phi) is 8.97. The summed E-state index contributed by atoms with van der Waals surface area (Å²) >= 11 is 1.20. The molecule has 40 heavy (non-hydrogen) atoms. The monoisotopic (exact) mass is 580 g/mol. The van der Waals surface area contributed by atoms with Crippen LogP contribution in [0, 0.1) is 5.92 Å². The summed E-state index contributed by atoms with van der Waals surface area (Å²) in [5.41, 5.74) is 1.37. The minimum atomic E-state index is -1.56. The maximum atomic E-state index is 13.9. The Morgan fingerprint density at radius 2 is 1.82 bits per heavy atom. The molecule has 2 aliphatic rings. The van der Waals surface area contributed by atoms with Gasteiger partial charge in [-0.05, 0) is 56.4 Å². The lowest BCUT2D eigenvalue weighted by molar-refractivity contribution is -0.121. The summed E-state index contributed by atoms with van der Waals surface area (Å²) in [6.07, 6.45) is 6.89. The molecule has 2 fully saturated rings. The van der Waals surface area contributed by atoms with Crippen molar-refractivity contribution in [2.75, 3.05) is 36.0 Å². The Morgan fingerprint density at radius 3 is 2.45 bits per heavy atom. The van der Waals surface area contributed by atoms with Crippen LogP contribution >= 0.6 is 11.3 Å². The van der Waals surface area contributed by atoms with Gasteiger partial charge in [-0.1, -0.05) is 49.6 Å². The van der Waals surface area contributed by atoms with E-state index in [0.717, 1.165) is 61.5 Å². The fourth-order valence-corrected chi connectivity index (χ4v) is 8.04. The van der Waals surface area contributed by atoms with Crippen molar-refractivity contribution in [2.24, 2.45) is 5.92 Å². The molecular formula is C30H36N4O4S2. The summed E-state index contributed by atoms with van der Waals surface area (Å²) in [4.78, 5) is 36.2. The Labute approximate surface area is 242 Å². The Hall–Kier alpha value is -3.08. The first-order chi connectivity index (χ1) is 19.4. The van der Waals surface area contributed by atoms with E-state index in [4.69, 9.17) is 0 Å². The molecule has 1 amide bonds. The fraction of sp³-hybridized carbons (Fsp3) is 0.433. The van der Waals surface area contributed by atoms with E-state index in [9.17, 15) is 18.9 Å². The highest BCUT2D eigenvalue weighted by molar-refractivity contribution is 7.82. The van der Waals surface area contributed by atoms with Gasteiger partial charge in [0.2, 0.25) is 5.91 Å². The minimum Gasteiger partial charge on any atom is -0.477 e. The molecule has 1 aliphatic heterocycles. The van der Waals surface area contributed by atoms with Crippen LogP contribution in [-0.2, 0) is 15.8 Å². The fourth-order valence-electron chi connectivity index (χ4n) is 5.90. The van der Waals surface area contributed by atoms with E-state index in [-0.39, 0.29) is 29.3 Å². The zero-order valence-electron chi connectivity index (χ0n) is 23.0. The number of piperazine rings is 1. The number of carboxylic acids is 1. The summed E-state index contributed by atoms with van der Waals surface area (Å²) in [6, 6.07) is 15.0. The highest BCUT2D eigenvalue weighted by Gasteiger charge is 2.42. The van der Waals surface area contributed by atoms with Gasteiger partial charge in [0.25, 0.3) is 0 Å². The molecule has 5 rings (SSSR count). The highest BCUT2D eigenvalue weighted by Crippen LogP contribution is 2.41. The van der Waals surface area contributed by atoms with Gasteiger partial charge in [-0.15, -0.1) is 11.3 Å². The number of benzene rings is 1. The second kappa shape index (κ2) is 12.6. The number of thiophene rings is 1. The first-order valence-corrected chi connectivity index (χ1v) is 16.0. The van der Waals surface area contributed by atoms with Crippen molar-refractivity contribution in [3.63, 3.8) is 0 Å². The maximum absolute atomic E-state index is 13.9. The van der Waals surface area contributed by atoms with Crippen molar-refractivity contribution >= 4 is 45.7 Å². The average molecular weight is 581 g/mol. The molecular weight excluding hydrogens is 544 g/mol. The quantitative estimate of drug-likeness (QED) is 0.350. The number of carboxylic acid groups (broad SMARTS) is 1. The zero-order chi connectivity index (χ0) is 28.2. The topological polar surface area (TPSA) is 94.1 Å². The molecule has 1 aromatic carbocycles. The van der Waals surface area contributed by atoms with Gasteiger partial charge in [0.1, 0.15) is 21.7 Å². The summed E-state index contributed by atoms with van der Waals surface area (Å²) in [6.45, 7) is 6.16. The molecule has 1 saturated carbocycles. The van der Waals surface area contributed by atoms with Crippen molar-refractivity contribution in [1.82, 2.24) is 9.29 Å². The van der Waals surface area contributed by atoms with Gasteiger partial charge in [-0.3, -0.25) is 4.79 Å². The molecule has 8 nitrogen and oxygen atoms in total. The molecule has 10 heteroatoms. The smallest absolute Gasteiger partial charge is 0.348 e. The van der Waals surface area contributed by atoms with Crippen molar-refractivity contribution < 1.29 is 18.9 Å². The third-order valence-electron chi connectivity index (χ3n) is 7.97. The largest absolute Gasteiger partial charge is 0.477 e. The number of aromatic carboxylic acids is 1. The van der Waals surface area contributed by atoms with Gasteiger partial charge in [-0.25, -0.2) is 18.3 Å². The third kappa shape index (κ3) is 5.84. The number of amides is 1. The molecule has 2 unspecified atom stereocenters. The van der Waals surface area contributed by atoms with E-state index in [1.165, 1.54) is 11.3 Å². The lowest BCUT2D eigenvalue weighted by atomic mass is 9.82. The van der Waals surface area contributed by atoms with Crippen LogP contribution < -0.4 is 9.80 Å². The minimum absolute atomic E-state index is 0.0524. The van der Waals surface area contributed by atoms with Crippen LogP contribution in [0.4, 0.5) is 11.5 Å². The number of carbonyl (C=O) groups excluding carboxylic acids is 1. The molecule has 2 aromatic heterocycles. The van der Waals surface area contributed by atoms with E-state index >= 15 is 0 Å². The van der Waals surface area contributed by atoms with Crippen LogP contribution in [-0.4, -0.2) is 62.7 Å². The van der Waals surface area contributed by atoms with Gasteiger partial charge in [0.05, 0.1) is 23.2 Å². The zero-order valence-corrected chi connectivity index (χ0v) is 24.6. The standard InChI is InChI=1S/C30H36N4O4S2/c1-3-32(4-2)27-16-15-23(18-31-27)40(38)33-19-25(21-11-7-5-8-12-21)34(28(35)20-33)24-17-26(39-29(24)30(36)37)22-13-9-6-10-14-22/h6,9-10,13-18,21,25H,3-5,7-8,11-12,19-20H2,1-2H3,(H,36,37). The number of hydrogen-bond donors (Lipinski definition) is 1. The second-order valence-corrected chi connectivity index (χ2v) is 12.9. The maximum Gasteiger partial charge on any atom is 0.348 e. The van der Waals surface area contributed by atoms with Crippen molar-refractivity contribution in [3.05, 3.63) is 59.6 Å². The average Bonchev–Trinajstić information content (AvgIpc) is 3.44. The molecule has 0 bridgehead atoms. The first-order valence-electron chi connectivity index (χ1n) is 14.0. The Balaban J connectivity index is 1.47. The number of nitrogens with zero attached hydrogens (tertiary/aromatic N) is 4. The lowest BCUT2D eigenvalue weighted by Gasteiger charge is -2.44. The van der Waals surface area contributed by atoms with Gasteiger partial charge >= 0.3 is 5.97 Å². The molecule has 1 N–H and O–H groups in total. The van der Waals surface area contributed by atoms with E-state index < -0.39 is 17.0 Å². The number of anilines is 2. The lowest BCUT2D eigenvalue weighted by Crippen LogP contribution is -2.59. The van der Waals surface area contributed by atoms with Gasteiger partial charge in [0, 0.05) is 30.7 Å². The Morgan fingerprint density at radius 1 is 1.10 bits per heavy atom. The molecule has 0 spiro atoms. The van der Waals surface area contributed by atoms with E-state index in [0.29, 0.717) is 17.1 Å².